The Morgan fingerprint density at radius 3 is 2.63 bits per heavy atom. The number of rotatable bonds is 7. The highest BCUT2D eigenvalue weighted by molar-refractivity contribution is 6.06. The van der Waals surface area contributed by atoms with E-state index in [9.17, 15) is 19.7 Å². The van der Waals surface area contributed by atoms with Gasteiger partial charge in [0.2, 0.25) is 0 Å². The predicted molar refractivity (Wildman–Crippen MR) is 133 cm³/mol. The number of hydrogen-bond acceptors (Lipinski definition) is 6. The number of aryl methyl sites for hydroxylation is 1. The number of fused-ring (bicyclic) bond motifs is 2. The minimum Gasteiger partial charge on any atom is -0.452 e. The van der Waals surface area contributed by atoms with Crippen molar-refractivity contribution in [3.05, 3.63) is 75.5 Å². The number of aromatic nitrogens is 1. The molecule has 1 amide bonds. The van der Waals surface area contributed by atoms with Crippen LogP contribution in [0.15, 0.2) is 48.5 Å². The number of nitrogens with one attached hydrogen (secondary N) is 1. The molecule has 0 radical (unpaired) electrons. The maximum Gasteiger partial charge on any atom is 0.339 e. The van der Waals surface area contributed by atoms with E-state index >= 15 is 0 Å². The van der Waals surface area contributed by atoms with Crippen molar-refractivity contribution in [1.29, 1.82) is 0 Å². The molecule has 8 heteroatoms. The van der Waals surface area contributed by atoms with Gasteiger partial charge in [-0.3, -0.25) is 19.9 Å². The number of amides is 1. The highest BCUT2D eigenvalue weighted by Gasteiger charge is 2.34. The van der Waals surface area contributed by atoms with Crippen LogP contribution in [-0.2, 0) is 22.4 Å². The highest BCUT2D eigenvalue weighted by Crippen LogP contribution is 2.41. The van der Waals surface area contributed by atoms with Crippen molar-refractivity contribution >= 4 is 34.2 Å². The Hall–Kier alpha value is -3.81. The summed E-state index contributed by atoms with van der Waals surface area (Å²) in [5.41, 5.74) is 2.92. The number of carbonyl (C=O) groups is 2. The van der Waals surface area contributed by atoms with Crippen LogP contribution in [0.4, 0.5) is 11.4 Å². The van der Waals surface area contributed by atoms with Crippen LogP contribution in [0.1, 0.15) is 55.2 Å². The van der Waals surface area contributed by atoms with Gasteiger partial charge in [-0.25, -0.2) is 4.79 Å². The molecule has 182 valence electrons. The van der Waals surface area contributed by atoms with Crippen LogP contribution in [0.2, 0.25) is 0 Å². The van der Waals surface area contributed by atoms with Crippen molar-refractivity contribution in [3.63, 3.8) is 0 Å². The van der Waals surface area contributed by atoms with E-state index in [2.05, 4.69) is 26.1 Å². The topological polar surface area (TPSA) is 111 Å². The van der Waals surface area contributed by atoms with Gasteiger partial charge in [0.05, 0.1) is 16.0 Å². The molecule has 8 nitrogen and oxygen atoms in total. The third-order valence-corrected chi connectivity index (χ3v) is 7.19. The van der Waals surface area contributed by atoms with Crippen molar-refractivity contribution < 1.29 is 19.2 Å². The molecule has 0 spiro atoms. The maximum absolute atomic E-state index is 13.4. The SMILES string of the molecule is CCC(C)(C)C1CCc2nc3ccccc3c(C(=O)OCC(=O)Nc3ccccc3[N+](=O)[O-])c2C1. The molecule has 0 bridgehead atoms. The van der Waals surface area contributed by atoms with Gasteiger partial charge in [0.25, 0.3) is 11.6 Å². The molecular weight excluding hydrogens is 446 g/mol. The largest absolute Gasteiger partial charge is 0.452 e. The Balaban J connectivity index is 1.60. The van der Waals surface area contributed by atoms with Gasteiger partial charge >= 0.3 is 5.97 Å². The number of para-hydroxylation sites is 3. The van der Waals surface area contributed by atoms with Gasteiger partial charge in [-0.15, -0.1) is 0 Å². The number of benzene rings is 2. The second kappa shape index (κ2) is 9.82. The van der Waals surface area contributed by atoms with Crippen LogP contribution in [0, 0.1) is 21.4 Å². The molecule has 1 unspecified atom stereocenters. The molecule has 0 fully saturated rings. The third-order valence-electron chi connectivity index (χ3n) is 7.19. The molecule has 1 aliphatic rings. The lowest BCUT2D eigenvalue weighted by molar-refractivity contribution is -0.383. The number of ether oxygens (including phenoxy) is 1. The monoisotopic (exact) mass is 475 g/mol. The molecule has 4 rings (SSSR count). The van der Waals surface area contributed by atoms with E-state index in [1.165, 1.54) is 18.2 Å². The zero-order valence-electron chi connectivity index (χ0n) is 20.2. The number of hydrogen-bond donors (Lipinski definition) is 1. The molecule has 2 aromatic carbocycles. The van der Waals surface area contributed by atoms with E-state index in [0.29, 0.717) is 16.9 Å². The van der Waals surface area contributed by atoms with E-state index in [1.807, 2.05) is 24.3 Å². The average molecular weight is 476 g/mol. The van der Waals surface area contributed by atoms with Gasteiger partial charge in [-0.1, -0.05) is 57.5 Å². The summed E-state index contributed by atoms with van der Waals surface area (Å²) < 4.78 is 5.44. The fourth-order valence-corrected chi connectivity index (χ4v) is 4.71. The first-order chi connectivity index (χ1) is 16.7. The van der Waals surface area contributed by atoms with Crippen LogP contribution >= 0.6 is 0 Å². The summed E-state index contributed by atoms with van der Waals surface area (Å²) in [6.45, 7) is 6.13. The fourth-order valence-electron chi connectivity index (χ4n) is 4.71. The predicted octanol–water partition coefficient (Wildman–Crippen LogP) is 5.48. The lowest BCUT2D eigenvalue weighted by atomic mass is 9.68. The third kappa shape index (κ3) is 5.01. The first-order valence-corrected chi connectivity index (χ1v) is 11.8. The van der Waals surface area contributed by atoms with Crippen molar-refractivity contribution in [1.82, 2.24) is 4.98 Å². The standard InChI is InChI=1S/C27H29N3O5/c1-4-27(2,3)17-13-14-21-19(15-17)25(18-9-5-6-10-20(18)28-21)26(32)35-16-24(31)29-22-11-7-8-12-23(22)30(33)34/h5-12,17H,4,13-16H2,1-3H3,(H,29,31). The zero-order chi connectivity index (χ0) is 25.2. The number of nitro benzene ring substituents is 1. The number of anilines is 1. The molecule has 0 saturated heterocycles. The first-order valence-electron chi connectivity index (χ1n) is 11.8. The molecule has 1 aliphatic carbocycles. The smallest absolute Gasteiger partial charge is 0.339 e. The number of nitro groups is 1. The van der Waals surface area contributed by atoms with Gasteiger partial charge in [-0.2, -0.15) is 0 Å². The quantitative estimate of drug-likeness (QED) is 0.275. The second-order valence-electron chi connectivity index (χ2n) is 9.61. The lowest BCUT2D eigenvalue weighted by Gasteiger charge is -2.37. The normalized spacial score (nSPS) is 15.3. The van der Waals surface area contributed by atoms with E-state index in [4.69, 9.17) is 9.72 Å². The summed E-state index contributed by atoms with van der Waals surface area (Å²) in [5, 5.41) is 14.4. The molecule has 1 aromatic heterocycles. The molecule has 35 heavy (non-hydrogen) atoms. The zero-order valence-corrected chi connectivity index (χ0v) is 20.2. The summed E-state index contributed by atoms with van der Waals surface area (Å²) in [6, 6.07) is 13.3. The first kappa shape index (κ1) is 24.3. The molecule has 0 aliphatic heterocycles. The highest BCUT2D eigenvalue weighted by atomic mass is 16.6. The van der Waals surface area contributed by atoms with Crippen LogP contribution in [0.25, 0.3) is 10.9 Å². The van der Waals surface area contributed by atoms with Gasteiger partial charge in [0.1, 0.15) is 5.69 Å². The fraction of sp³-hybridized carbons (Fsp3) is 0.370. The summed E-state index contributed by atoms with van der Waals surface area (Å²) in [7, 11) is 0. The Morgan fingerprint density at radius 2 is 1.89 bits per heavy atom. The minimum atomic E-state index is -0.648. The van der Waals surface area contributed by atoms with Gasteiger partial charge < -0.3 is 10.1 Å². The van der Waals surface area contributed by atoms with E-state index < -0.39 is 23.4 Å². The maximum atomic E-state index is 13.4. The summed E-state index contributed by atoms with van der Waals surface area (Å²) >= 11 is 0. The van der Waals surface area contributed by atoms with E-state index in [1.54, 1.807) is 6.07 Å². The number of nitrogens with zero attached hydrogens (tertiary/aromatic N) is 2. The Labute approximate surface area is 203 Å². The van der Waals surface area contributed by atoms with Gasteiger partial charge in [0, 0.05) is 17.1 Å². The Bertz CT molecular complexity index is 1300. The van der Waals surface area contributed by atoms with Gasteiger partial charge in [0.15, 0.2) is 6.61 Å². The summed E-state index contributed by atoms with van der Waals surface area (Å²) in [5.74, 6) is -0.839. The van der Waals surface area contributed by atoms with Crippen molar-refractivity contribution in [2.75, 3.05) is 11.9 Å². The average Bonchev–Trinajstić information content (AvgIpc) is 2.85. The lowest BCUT2D eigenvalue weighted by Crippen LogP contribution is -2.31. The molecule has 0 saturated carbocycles. The number of esters is 1. The van der Waals surface area contributed by atoms with Crippen molar-refractivity contribution in [2.45, 2.75) is 46.5 Å². The summed E-state index contributed by atoms with van der Waals surface area (Å²) in [4.78, 5) is 41.3. The van der Waals surface area contributed by atoms with E-state index in [0.717, 1.165) is 42.5 Å². The van der Waals surface area contributed by atoms with Crippen molar-refractivity contribution in [2.24, 2.45) is 11.3 Å². The van der Waals surface area contributed by atoms with Crippen LogP contribution in [0.5, 0.6) is 0 Å². The number of pyridine rings is 1. The second-order valence-corrected chi connectivity index (χ2v) is 9.61. The minimum absolute atomic E-state index is 0.0509. The van der Waals surface area contributed by atoms with Gasteiger partial charge in [-0.05, 0) is 48.3 Å². The Kier molecular flexibility index (Phi) is 6.82. The molecule has 3 aromatic rings. The number of carbonyl (C=O) groups excluding carboxylic acids is 2. The van der Waals surface area contributed by atoms with Crippen molar-refractivity contribution in [3.8, 4) is 0 Å². The summed E-state index contributed by atoms with van der Waals surface area (Å²) in [6.07, 6.45) is 3.54. The van der Waals surface area contributed by atoms with Crippen LogP contribution in [0.3, 0.4) is 0 Å². The molecule has 1 atom stereocenters. The van der Waals surface area contributed by atoms with Crippen LogP contribution < -0.4 is 5.32 Å². The molecular formula is C27H29N3O5. The van der Waals surface area contributed by atoms with E-state index in [-0.39, 0.29) is 16.8 Å². The Morgan fingerprint density at radius 1 is 1.17 bits per heavy atom. The molecule has 1 N–H and O–H groups in total. The molecule has 1 heterocycles. The van der Waals surface area contributed by atoms with Crippen LogP contribution in [-0.4, -0.2) is 28.4 Å².